The molecule has 0 unspecified atom stereocenters. The molecular formula is C19H22O4. The van der Waals surface area contributed by atoms with Gasteiger partial charge < -0.3 is 14.2 Å². The van der Waals surface area contributed by atoms with Gasteiger partial charge in [-0.05, 0) is 26.8 Å². The van der Waals surface area contributed by atoms with Crippen LogP contribution < -0.4 is 9.47 Å². The third-order valence-corrected chi connectivity index (χ3v) is 3.77. The van der Waals surface area contributed by atoms with Crippen molar-refractivity contribution < 1.29 is 19.0 Å². The number of hydrogen-bond donors (Lipinski definition) is 0. The summed E-state index contributed by atoms with van der Waals surface area (Å²) < 4.78 is 16.3. The highest BCUT2D eigenvalue weighted by atomic mass is 16.5. The van der Waals surface area contributed by atoms with Crippen molar-refractivity contribution in [1.82, 2.24) is 0 Å². The molecule has 0 radical (unpaired) electrons. The van der Waals surface area contributed by atoms with E-state index in [0.717, 1.165) is 33.4 Å². The molecule has 0 saturated carbocycles. The van der Waals surface area contributed by atoms with Crippen molar-refractivity contribution >= 4 is 22.8 Å². The highest BCUT2D eigenvalue weighted by Crippen LogP contribution is 2.41. The van der Waals surface area contributed by atoms with Gasteiger partial charge in [0.15, 0.2) is 0 Å². The zero-order chi connectivity index (χ0) is 17.0. The van der Waals surface area contributed by atoms with Gasteiger partial charge in [0.1, 0.15) is 11.5 Å². The van der Waals surface area contributed by atoms with E-state index in [-0.39, 0.29) is 5.97 Å². The Bertz CT molecular complexity index is 760. The van der Waals surface area contributed by atoms with Gasteiger partial charge in [0.2, 0.25) is 0 Å². The first-order valence-corrected chi connectivity index (χ1v) is 7.53. The maximum atomic E-state index is 11.9. The fraction of sp³-hybridized carbons (Fsp3) is 0.316. The second-order valence-electron chi connectivity index (χ2n) is 5.20. The van der Waals surface area contributed by atoms with E-state index in [9.17, 15) is 4.79 Å². The standard InChI is InChI=1S/C19H22O4/c1-6-23-19(20)12(2)11-16-13(3)17(21-4)14-9-7-8-10-15(14)18(16)22-5/h7-11H,6H2,1-5H3/b12-11+. The van der Waals surface area contributed by atoms with Gasteiger partial charge in [0.05, 0.1) is 20.8 Å². The van der Waals surface area contributed by atoms with Gasteiger partial charge in [0, 0.05) is 27.5 Å². The minimum Gasteiger partial charge on any atom is -0.496 e. The third kappa shape index (κ3) is 3.16. The van der Waals surface area contributed by atoms with Crippen LogP contribution in [0, 0.1) is 6.92 Å². The van der Waals surface area contributed by atoms with Gasteiger partial charge in [-0.25, -0.2) is 4.79 Å². The van der Waals surface area contributed by atoms with Crippen molar-refractivity contribution in [2.24, 2.45) is 0 Å². The van der Waals surface area contributed by atoms with Crippen LogP contribution in [0.1, 0.15) is 25.0 Å². The summed E-state index contributed by atoms with van der Waals surface area (Å²) in [7, 11) is 3.28. The normalized spacial score (nSPS) is 11.4. The fourth-order valence-corrected chi connectivity index (χ4v) is 2.70. The van der Waals surface area contributed by atoms with E-state index < -0.39 is 0 Å². The van der Waals surface area contributed by atoms with Gasteiger partial charge in [-0.1, -0.05) is 24.3 Å². The molecule has 0 aliphatic carbocycles. The average molecular weight is 314 g/mol. The van der Waals surface area contributed by atoms with Crippen molar-refractivity contribution in [2.75, 3.05) is 20.8 Å². The maximum absolute atomic E-state index is 11.9. The first kappa shape index (κ1) is 16.9. The molecule has 4 nitrogen and oxygen atoms in total. The van der Waals surface area contributed by atoms with Crippen LogP contribution in [0.5, 0.6) is 11.5 Å². The van der Waals surface area contributed by atoms with Crippen molar-refractivity contribution in [1.29, 1.82) is 0 Å². The molecule has 0 fully saturated rings. The molecule has 0 amide bonds. The summed E-state index contributed by atoms with van der Waals surface area (Å²) in [5.74, 6) is 1.17. The van der Waals surface area contributed by atoms with E-state index in [1.54, 1.807) is 34.1 Å². The second-order valence-corrected chi connectivity index (χ2v) is 5.20. The van der Waals surface area contributed by atoms with E-state index in [2.05, 4.69) is 0 Å². The summed E-state index contributed by atoms with van der Waals surface area (Å²) in [6.07, 6.45) is 1.79. The van der Waals surface area contributed by atoms with E-state index in [1.807, 2.05) is 31.2 Å². The van der Waals surface area contributed by atoms with E-state index in [1.165, 1.54) is 0 Å². The minimum atomic E-state index is -0.332. The molecule has 122 valence electrons. The SMILES string of the molecule is CCOC(=O)/C(C)=C/c1c(C)c(OC)c2ccccc2c1OC. The Morgan fingerprint density at radius 1 is 1.09 bits per heavy atom. The highest BCUT2D eigenvalue weighted by molar-refractivity contribution is 6.00. The lowest BCUT2D eigenvalue weighted by Gasteiger charge is -2.17. The predicted octanol–water partition coefficient (Wildman–Crippen LogP) is 4.13. The predicted molar refractivity (Wildman–Crippen MR) is 92.1 cm³/mol. The van der Waals surface area contributed by atoms with Crippen LogP contribution in [0.4, 0.5) is 0 Å². The number of esters is 1. The molecule has 0 spiro atoms. The van der Waals surface area contributed by atoms with Crippen LogP contribution in [0.3, 0.4) is 0 Å². The molecule has 0 atom stereocenters. The van der Waals surface area contributed by atoms with Crippen LogP contribution >= 0.6 is 0 Å². The summed E-state index contributed by atoms with van der Waals surface area (Å²) >= 11 is 0. The molecule has 2 rings (SSSR count). The lowest BCUT2D eigenvalue weighted by atomic mass is 9.97. The average Bonchev–Trinajstić information content (AvgIpc) is 2.56. The molecule has 0 aliphatic heterocycles. The van der Waals surface area contributed by atoms with Crippen molar-refractivity contribution in [3.8, 4) is 11.5 Å². The van der Waals surface area contributed by atoms with E-state index in [0.29, 0.717) is 12.2 Å². The van der Waals surface area contributed by atoms with E-state index >= 15 is 0 Å². The molecule has 0 N–H and O–H groups in total. The van der Waals surface area contributed by atoms with Crippen molar-refractivity contribution in [3.63, 3.8) is 0 Å². The molecule has 0 bridgehead atoms. The lowest BCUT2D eigenvalue weighted by molar-refractivity contribution is -0.138. The van der Waals surface area contributed by atoms with E-state index in [4.69, 9.17) is 14.2 Å². The maximum Gasteiger partial charge on any atom is 0.333 e. The van der Waals surface area contributed by atoms with Gasteiger partial charge in [0.25, 0.3) is 0 Å². The number of carbonyl (C=O) groups is 1. The largest absolute Gasteiger partial charge is 0.496 e. The molecular weight excluding hydrogens is 292 g/mol. The topological polar surface area (TPSA) is 44.8 Å². The van der Waals surface area contributed by atoms with Gasteiger partial charge in [-0.2, -0.15) is 0 Å². The number of carbonyl (C=O) groups excluding carboxylic acids is 1. The summed E-state index contributed by atoms with van der Waals surface area (Å²) in [6.45, 7) is 5.83. The van der Waals surface area contributed by atoms with Gasteiger partial charge >= 0.3 is 5.97 Å². The Labute approximate surface area is 136 Å². The second kappa shape index (κ2) is 7.18. The smallest absolute Gasteiger partial charge is 0.333 e. The third-order valence-electron chi connectivity index (χ3n) is 3.77. The van der Waals surface area contributed by atoms with Crippen molar-refractivity contribution in [2.45, 2.75) is 20.8 Å². The molecule has 2 aromatic carbocycles. The number of ether oxygens (including phenoxy) is 3. The zero-order valence-corrected chi connectivity index (χ0v) is 14.2. The Balaban J connectivity index is 2.75. The van der Waals surface area contributed by atoms with Crippen LogP contribution in [-0.2, 0) is 9.53 Å². The number of rotatable bonds is 5. The molecule has 4 heteroatoms. The summed E-state index contributed by atoms with van der Waals surface area (Å²) in [4.78, 5) is 11.9. The monoisotopic (exact) mass is 314 g/mol. The fourth-order valence-electron chi connectivity index (χ4n) is 2.70. The number of methoxy groups -OCH3 is 2. The molecule has 2 aromatic rings. The van der Waals surface area contributed by atoms with Crippen LogP contribution in [0.25, 0.3) is 16.8 Å². The van der Waals surface area contributed by atoms with Crippen molar-refractivity contribution in [3.05, 3.63) is 41.0 Å². The number of benzene rings is 2. The van der Waals surface area contributed by atoms with Gasteiger partial charge in [-0.15, -0.1) is 0 Å². The Morgan fingerprint density at radius 2 is 1.65 bits per heavy atom. The summed E-state index contributed by atoms with van der Waals surface area (Å²) in [6, 6.07) is 7.89. The number of fused-ring (bicyclic) bond motifs is 1. The Hall–Kier alpha value is -2.49. The zero-order valence-electron chi connectivity index (χ0n) is 14.2. The number of hydrogen-bond acceptors (Lipinski definition) is 4. The summed E-state index contributed by atoms with van der Waals surface area (Å²) in [5, 5.41) is 1.93. The quantitative estimate of drug-likeness (QED) is 0.615. The van der Waals surface area contributed by atoms with Crippen LogP contribution in [-0.4, -0.2) is 26.8 Å². The first-order valence-electron chi connectivity index (χ1n) is 7.53. The highest BCUT2D eigenvalue weighted by Gasteiger charge is 2.18. The van der Waals surface area contributed by atoms with Crippen LogP contribution in [0.15, 0.2) is 29.8 Å². The molecule has 0 saturated heterocycles. The Morgan fingerprint density at radius 3 is 2.17 bits per heavy atom. The lowest BCUT2D eigenvalue weighted by Crippen LogP contribution is -2.05. The molecule has 0 aliphatic rings. The van der Waals surface area contributed by atoms with Crippen LogP contribution in [0.2, 0.25) is 0 Å². The molecule has 0 heterocycles. The molecule has 0 aromatic heterocycles. The summed E-state index contributed by atoms with van der Waals surface area (Å²) in [5.41, 5.74) is 2.27. The molecule has 23 heavy (non-hydrogen) atoms. The Kier molecular flexibility index (Phi) is 5.27. The minimum absolute atomic E-state index is 0.332. The van der Waals surface area contributed by atoms with Gasteiger partial charge in [-0.3, -0.25) is 0 Å². The first-order chi connectivity index (χ1) is 11.0.